The Bertz CT molecular complexity index is 922. The van der Waals surface area contributed by atoms with Gasteiger partial charge in [0.2, 0.25) is 0 Å². The van der Waals surface area contributed by atoms with Gasteiger partial charge in [0.1, 0.15) is 0 Å². The van der Waals surface area contributed by atoms with Crippen LogP contribution in [0.2, 0.25) is 10.0 Å². The van der Waals surface area contributed by atoms with Crippen molar-refractivity contribution in [2.45, 2.75) is 0 Å². The van der Waals surface area contributed by atoms with E-state index in [-0.39, 0.29) is 5.91 Å². The van der Waals surface area contributed by atoms with E-state index in [0.29, 0.717) is 15.0 Å². The van der Waals surface area contributed by atoms with Gasteiger partial charge in [-0.2, -0.15) is 4.99 Å². The molecular weight excluding hydrogens is 401 g/mol. The Morgan fingerprint density at radius 1 is 0.963 bits per heavy atom. The Hall–Kier alpha value is -1.95. The molecule has 0 unspecified atom stereocenters. The summed E-state index contributed by atoms with van der Waals surface area (Å²) >= 11 is 13.6. The molecule has 7 heteroatoms. The summed E-state index contributed by atoms with van der Waals surface area (Å²) in [4.78, 5) is 21.7. The van der Waals surface area contributed by atoms with E-state index < -0.39 is 0 Å². The number of carbonyl (C=O) groups excluding carboxylic acids is 1. The van der Waals surface area contributed by atoms with Crippen LogP contribution in [-0.2, 0) is 4.79 Å². The minimum atomic E-state index is -0.216. The molecule has 27 heavy (non-hydrogen) atoms. The van der Waals surface area contributed by atoms with Crippen molar-refractivity contribution in [2.24, 2.45) is 4.99 Å². The van der Waals surface area contributed by atoms with Crippen LogP contribution in [0.15, 0.2) is 58.4 Å². The standard InChI is InChI=1S/C20H17Cl2N3OS/c21-15-7-6-14(17(22)13-15)12-18-19(26)23-20(27-18)25-10-8-24(9-11-25)16-4-2-1-3-5-16/h1-7,12-13H,8-11H2. The number of hydrogen-bond acceptors (Lipinski definition) is 4. The molecule has 0 N–H and O–H groups in total. The number of hydrogen-bond donors (Lipinski definition) is 0. The van der Waals surface area contributed by atoms with E-state index in [0.717, 1.165) is 36.9 Å². The number of amidine groups is 1. The molecule has 4 nitrogen and oxygen atoms in total. The van der Waals surface area contributed by atoms with E-state index in [4.69, 9.17) is 23.2 Å². The Morgan fingerprint density at radius 2 is 1.67 bits per heavy atom. The zero-order valence-corrected chi connectivity index (χ0v) is 16.8. The number of amides is 1. The zero-order chi connectivity index (χ0) is 18.8. The largest absolute Gasteiger partial charge is 0.368 e. The van der Waals surface area contributed by atoms with Gasteiger partial charge in [-0.3, -0.25) is 4.79 Å². The topological polar surface area (TPSA) is 35.9 Å². The normalized spacial score (nSPS) is 19.0. The molecule has 2 aliphatic rings. The van der Waals surface area contributed by atoms with Crippen molar-refractivity contribution in [1.82, 2.24) is 4.90 Å². The van der Waals surface area contributed by atoms with Crippen LogP contribution in [0.1, 0.15) is 5.56 Å². The zero-order valence-electron chi connectivity index (χ0n) is 14.4. The first-order valence-electron chi connectivity index (χ1n) is 8.63. The number of halogens is 2. The molecule has 0 bridgehead atoms. The number of benzene rings is 2. The van der Waals surface area contributed by atoms with Gasteiger partial charge in [-0.1, -0.05) is 47.5 Å². The summed E-state index contributed by atoms with van der Waals surface area (Å²) < 4.78 is 0. The second-order valence-corrected chi connectivity index (χ2v) is 8.14. The van der Waals surface area contributed by atoms with Crippen LogP contribution in [0.4, 0.5) is 5.69 Å². The molecule has 1 saturated heterocycles. The van der Waals surface area contributed by atoms with Gasteiger partial charge >= 0.3 is 0 Å². The van der Waals surface area contributed by atoms with E-state index in [2.05, 4.69) is 39.1 Å². The molecule has 4 rings (SSSR count). The van der Waals surface area contributed by atoms with Crippen molar-refractivity contribution in [3.63, 3.8) is 0 Å². The van der Waals surface area contributed by atoms with Crippen molar-refractivity contribution in [1.29, 1.82) is 0 Å². The second kappa shape index (κ2) is 7.97. The molecule has 1 amide bonds. The lowest BCUT2D eigenvalue weighted by Gasteiger charge is -2.36. The Labute approximate surface area is 172 Å². The van der Waals surface area contributed by atoms with Crippen molar-refractivity contribution in [2.75, 3.05) is 31.1 Å². The number of piperazine rings is 1. The smallest absolute Gasteiger partial charge is 0.286 e. The summed E-state index contributed by atoms with van der Waals surface area (Å²) in [5.74, 6) is -0.216. The highest BCUT2D eigenvalue weighted by atomic mass is 35.5. The van der Waals surface area contributed by atoms with E-state index in [1.54, 1.807) is 18.2 Å². The third-order valence-electron chi connectivity index (χ3n) is 4.53. The molecule has 0 aromatic heterocycles. The number of thioether (sulfide) groups is 1. The third kappa shape index (κ3) is 4.15. The SMILES string of the molecule is O=C1N=C(N2CCN(c3ccccc3)CC2)SC1=Cc1ccc(Cl)cc1Cl. The van der Waals surface area contributed by atoms with E-state index in [9.17, 15) is 4.79 Å². The second-order valence-electron chi connectivity index (χ2n) is 6.29. The van der Waals surface area contributed by atoms with Gasteiger partial charge in [0.15, 0.2) is 5.17 Å². The van der Waals surface area contributed by atoms with Gasteiger partial charge in [0.25, 0.3) is 5.91 Å². The van der Waals surface area contributed by atoms with Crippen molar-refractivity contribution in [3.05, 3.63) is 69.0 Å². The number of carbonyl (C=O) groups is 1. The Kier molecular flexibility index (Phi) is 5.43. The van der Waals surface area contributed by atoms with E-state index >= 15 is 0 Å². The highest BCUT2D eigenvalue weighted by molar-refractivity contribution is 8.18. The quantitative estimate of drug-likeness (QED) is 0.658. The molecule has 2 aromatic carbocycles. The lowest BCUT2D eigenvalue weighted by Crippen LogP contribution is -2.47. The lowest BCUT2D eigenvalue weighted by molar-refractivity contribution is -0.113. The molecule has 0 saturated carbocycles. The Morgan fingerprint density at radius 3 is 2.37 bits per heavy atom. The average Bonchev–Trinajstić information content (AvgIpc) is 3.05. The summed E-state index contributed by atoms with van der Waals surface area (Å²) in [6.45, 7) is 3.48. The monoisotopic (exact) mass is 417 g/mol. The maximum atomic E-state index is 12.3. The number of nitrogens with zero attached hydrogens (tertiary/aromatic N) is 3. The molecule has 0 radical (unpaired) electrons. The fourth-order valence-electron chi connectivity index (χ4n) is 3.09. The van der Waals surface area contributed by atoms with Crippen LogP contribution < -0.4 is 4.90 Å². The molecule has 0 atom stereocenters. The molecular formula is C20H17Cl2N3OS. The first kappa shape index (κ1) is 18.4. The van der Waals surface area contributed by atoms with Crippen molar-refractivity contribution in [3.8, 4) is 0 Å². The van der Waals surface area contributed by atoms with Crippen LogP contribution in [0, 0.1) is 0 Å². The number of aliphatic imine (C=N–C) groups is 1. The van der Waals surface area contributed by atoms with Crippen LogP contribution in [0.3, 0.4) is 0 Å². The molecule has 2 aliphatic heterocycles. The molecule has 1 fully saturated rings. The Balaban J connectivity index is 1.42. The van der Waals surface area contributed by atoms with Crippen LogP contribution in [0.25, 0.3) is 6.08 Å². The van der Waals surface area contributed by atoms with Crippen LogP contribution >= 0.6 is 35.0 Å². The average molecular weight is 418 g/mol. The van der Waals surface area contributed by atoms with Crippen molar-refractivity contribution >= 4 is 57.8 Å². The molecule has 2 aromatic rings. The molecule has 138 valence electrons. The van der Waals surface area contributed by atoms with Gasteiger partial charge in [0.05, 0.1) is 4.91 Å². The van der Waals surface area contributed by atoms with Crippen molar-refractivity contribution < 1.29 is 4.79 Å². The van der Waals surface area contributed by atoms with E-state index in [1.165, 1.54) is 17.4 Å². The fraction of sp³-hybridized carbons (Fsp3) is 0.200. The summed E-state index contributed by atoms with van der Waals surface area (Å²) in [5, 5.41) is 1.86. The first-order valence-corrected chi connectivity index (χ1v) is 10.2. The number of para-hydroxylation sites is 1. The summed E-state index contributed by atoms with van der Waals surface area (Å²) in [7, 11) is 0. The lowest BCUT2D eigenvalue weighted by atomic mass is 10.2. The van der Waals surface area contributed by atoms with Crippen LogP contribution in [0.5, 0.6) is 0 Å². The van der Waals surface area contributed by atoms with Gasteiger partial charge in [-0.25, -0.2) is 0 Å². The predicted molar refractivity (Wildman–Crippen MR) is 115 cm³/mol. The highest BCUT2D eigenvalue weighted by Crippen LogP contribution is 2.33. The minimum absolute atomic E-state index is 0.216. The molecule has 0 aliphatic carbocycles. The first-order chi connectivity index (χ1) is 13.1. The van der Waals surface area contributed by atoms with Gasteiger partial charge in [-0.15, -0.1) is 0 Å². The van der Waals surface area contributed by atoms with E-state index in [1.807, 2.05) is 12.1 Å². The van der Waals surface area contributed by atoms with Gasteiger partial charge < -0.3 is 9.80 Å². The third-order valence-corrected chi connectivity index (χ3v) is 6.14. The summed E-state index contributed by atoms with van der Waals surface area (Å²) in [5.41, 5.74) is 1.99. The molecule has 0 spiro atoms. The van der Waals surface area contributed by atoms with Gasteiger partial charge in [-0.05, 0) is 47.7 Å². The number of rotatable bonds is 2. The summed E-state index contributed by atoms with van der Waals surface area (Å²) in [6, 6.07) is 15.6. The van der Waals surface area contributed by atoms with Gasteiger partial charge in [0, 0.05) is 41.9 Å². The minimum Gasteiger partial charge on any atom is -0.368 e. The molecule has 2 heterocycles. The fourth-order valence-corrected chi connectivity index (χ4v) is 4.51. The predicted octanol–water partition coefficient (Wildman–Crippen LogP) is 4.79. The maximum Gasteiger partial charge on any atom is 0.286 e. The summed E-state index contributed by atoms with van der Waals surface area (Å²) in [6.07, 6.45) is 1.78. The highest BCUT2D eigenvalue weighted by Gasteiger charge is 2.28. The maximum absolute atomic E-state index is 12.3. The number of anilines is 1. The van der Waals surface area contributed by atoms with Crippen LogP contribution in [-0.4, -0.2) is 42.2 Å².